The Morgan fingerprint density at radius 1 is 1.27 bits per heavy atom. The lowest BCUT2D eigenvalue weighted by molar-refractivity contribution is -0.142. The SMILES string of the molecule is CCc1c(C(=O)NCC(=O)N[C@@H](CC(C)C)C(=O)O)cnn1C(C)(C)C. The number of nitrogens with one attached hydrogen (secondary N) is 2. The molecule has 1 rings (SSSR count). The molecule has 146 valence electrons. The summed E-state index contributed by atoms with van der Waals surface area (Å²) in [6.07, 6.45) is 2.45. The van der Waals surface area contributed by atoms with Gasteiger partial charge in [-0.25, -0.2) is 4.79 Å². The highest BCUT2D eigenvalue weighted by Gasteiger charge is 2.24. The van der Waals surface area contributed by atoms with E-state index in [2.05, 4.69) is 15.7 Å². The zero-order chi connectivity index (χ0) is 20.1. The van der Waals surface area contributed by atoms with Gasteiger partial charge in [-0.05, 0) is 39.5 Å². The van der Waals surface area contributed by atoms with Crippen LogP contribution in [-0.4, -0.2) is 45.3 Å². The quantitative estimate of drug-likeness (QED) is 0.646. The standard InChI is InChI=1S/C18H30N4O4/c1-7-14-12(9-20-22(14)18(4,5)6)16(24)19-10-15(23)21-13(17(25)26)8-11(2)3/h9,11,13H,7-8,10H2,1-6H3,(H,19,24)(H,21,23)(H,25,26)/t13-/m0/s1. The largest absolute Gasteiger partial charge is 0.480 e. The molecule has 0 fully saturated rings. The second-order valence-electron chi connectivity index (χ2n) is 7.71. The highest BCUT2D eigenvalue weighted by atomic mass is 16.4. The minimum Gasteiger partial charge on any atom is -0.480 e. The summed E-state index contributed by atoms with van der Waals surface area (Å²) in [7, 11) is 0. The summed E-state index contributed by atoms with van der Waals surface area (Å²) in [6, 6.07) is -0.964. The van der Waals surface area contributed by atoms with Crippen molar-refractivity contribution in [3.05, 3.63) is 17.5 Å². The Bertz CT molecular complexity index is 659. The highest BCUT2D eigenvalue weighted by Crippen LogP contribution is 2.19. The molecule has 0 radical (unpaired) electrons. The van der Waals surface area contributed by atoms with Crippen LogP contribution in [0.25, 0.3) is 0 Å². The van der Waals surface area contributed by atoms with Crippen molar-refractivity contribution in [1.82, 2.24) is 20.4 Å². The number of hydrogen-bond acceptors (Lipinski definition) is 4. The number of hydrogen-bond donors (Lipinski definition) is 3. The van der Waals surface area contributed by atoms with Crippen molar-refractivity contribution < 1.29 is 19.5 Å². The van der Waals surface area contributed by atoms with E-state index in [-0.39, 0.29) is 18.0 Å². The zero-order valence-corrected chi connectivity index (χ0v) is 16.4. The van der Waals surface area contributed by atoms with Crippen molar-refractivity contribution in [3.8, 4) is 0 Å². The van der Waals surface area contributed by atoms with Gasteiger partial charge in [0.1, 0.15) is 6.04 Å². The number of carboxylic acid groups (broad SMARTS) is 1. The number of rotatable bonds is 8. The Hall–Kier alpha value is -2.38. The van der Waals surface area contributed by atoms with Crippen LogP contribution in [0.2, 0.25) is 0 Å². The van der Waals surface area contributed by atoms with Crippen LogP contribution in [-0.2, 0) is 21.5 Å². The molecule has 0 aromatic carbocycles. The van der Waals surface area contributed by atoms with E-state index in [4.69, 9.17) is 5.11 Å². The van der Waals surface area contributed by atoms with Gasteiger partial charge in [-0.1, -0.05) is 20.8 Å². The van der Waals surface area contributed by atoms with E-state index in [9.17, 15) is 14.4 Å². The molecule has 8 nitrogen and oxygen atoms in total. The number of carbonyl (C=O) groups is 3. The van der Waals surface area contributed by atoms with Crippen LogP contribution in [0.1, 0.15) is 64.0 Å². The molecule has 3 N–H and O–H groups in total. The van der Waals surface area contributed by atoms with Crippen molar-refractivity contribution in [3.63, 3.8) is 0 Å². The third-order valence-corrected chi connectivity index (χ3v) is 3.83. The third-order valence-electron chi connectivity index (χ3n) is 3.83. The van der Waals surface area contributed by atoms with Gasteiger partial charge < -0.3 is 15.7 Å². The van der Waals surface area contributed by atoms with Gasteiger partial charge in [0.15, 0.2) is 0 Å². The molecule has 1 atom stereocenters. The van der Waals surface area contributed by atoms with E-state index in [1.165, 1.54) is 6.20 Å². The number of carbonyl (C=O) groups excluding carboxylic acids is 2. The molecule has 26 heavy (non-hydrogen) atoms. The van der Waals surface area contributed by atoms with Crippen molar-refractivity contribution in [1.29, 1.82) is 0 Å². The van der Waals surface area contributed by atoms with E-state index in [0.717, 1.165) is 5.69 Å². The van der Waals surface area contributed by atoms with Crippen molar-refractivity contribution in [2.75, 3.05) is 6.54 Å². The van der Waals surface area contributed by atoms with Gasteiger partial charge in [0.25, 0.3) is 5.91 Å². The number of aliphatic carboxylic acids is 1. The number of nitrogens with zero attached hydrogens (tertiary/aromatic N) is 2. The van der Waals surface area contributed by atoms with Crippen LogP contribution in [0.5, 0.6) is 0 Å². The maximum absolute atomic E-state index is 12.4. The first-order valence-corrected chi connectivity index (χ1v) is 8.85. The lowest BCUT2D eigenvalue weighted by atomic mass is 10.0. The van der Waals surface area contributed by atoms with Crippen LogP contribution in [0.4, 0.5) is 0 Å². The van der Waals surface area contributed by atoms with Gasteiger partial charge >= 0.3 is 5.97 Å². The molecule has 1 heterocycles. The van der Waals surface area contributed by atoms with Gasteiger partial charge in [0.05, 0.1) is 29.5 Å². The van der Waals surface area contributed by atoms with Crippen molar-refractivity contribution >= 4 is 17.8 Å². The molecule has 0 spiro atoms. The number of amides is 2. The summed E-state index contributed by atoms with van der Waals surface area (Å²) >= 11 is 0. The van der Waals surface area contributed by atoms with Crippen molar-refractivity contribution in [2.24, 2.45) is 5.92 Å². The number of carboxylic acids is 1. The van der Waals surface area contributed by atoms with Crippen LogP contribution >= 0.6 is 0 Å². The van der Waals surface area contributed by atoms with Crippen molar-refractivity contribution in [2.45, 2.75) is 66.0 Å². The predicted molar refractivity (Wildman–Crippen MR) is 98.0 cm³/mol. The first-order valence-electron chi connectivity index (χ1n) is 8.85. The average Bonchev–Trinajstić information content (AvgIpc) is 2.95. The fourth-order valence-electron chi connectivity index (χ4n) is 2.68. The lowest BCUT2D eigenvalue weighted by Crippen LogP contribution is -2.46. The molecule has 0 aliphatic carbocycles. The normalized spacial score (nSPS) is 12.7. The predicted octanol–water partition coefficient (Wildman–Crippen LogP) is 1.55. The number of aromatic nitrogens is 2. The molecule has 1 aromatic heterocycles. The fraction of sp³-hybridized carbons (Fsp3) is 0.667. The topological polar surface area (TPSA) is 113 Å². The fourth-order valence-corrected chi connectivity index (χ4v) is 2.68. The van der Waals surface area contributed by atoms with E-state index >= 15 is 0 Å². The summed E-state index contributed by atoms with van der Waals surface area (Å²) in [5, 5.41) is 18.4. The van der Waals surface area contributed by atoms with Gasteiger partial charge in [-0.15, -0.1) is 0 Å². The van der Waals surface area contributed by atoms with E-state index in [0.29, 0.717) is 18.4 Å². The molecule has 8 heteroatoms. The minimum absolute atomic E-state index is 0.126. The lowest BCUT2D eigenvalue weighted by Gasteiger charge is -2.22. The Morgan fingerprint density at radius 2 is 1.88 bits per heavy atom. The minimum atomic E-state index is -1.09. The summed E-state index contributed by atoms with van der Waals surface area (Å²) in [5.74, 6) is -1.89. The van der Waals surface area contributed by atoms with Crippen LogP contribution < -0.4 is 10.6 Å². The van der Waals surface area contributed by atoms with Gasteiger partial charge in [0, 0.05) is 0 Å². The van der Waals surface area contributed by atoms with E-state index < -0.39 is 23.8 Å². The van der Waals surface area contributed by atoms with E-state index in [1.54, 1.807) is 4.68 Å². The Morgan fingerprint density at radius 3 is 2.35 bits per heavy atom. The zero-order valence-electron chi connectivity index (χ0n) is 16.4. The molecular formula is C18H30N4O4. The molecule has 0 saturated carbocycles. The molecular weight excluding hydrogens is 336 g/mol. The molecule has 0 unspecified atom stereocenters. The summed E-state index contributed by atoms with van der Waals surface area (Å²) in [6.45, 7) is 11.4. The first kappa shape index (κ1) is 21.7. The summed E-state index contributed by atoms with van der Waals surface area (Å²) < 4.78 is 1.80. The second-order valence-corrected chi connectivity index (χ2v) is 7.71. The molecule has 0 bridgehead atoms. The summed E-state index contributed by atoms with van der Waals surface area (Å²) in [5.41, 5.74) is 0.957. The van der Waals surface area contributed by atoms with Gasteiger partial charge in [0.2, 0.25) is 5.91 Å². The maximum Gasteiger partial charge on any atom is 0.326 e. The third kappa shape index (κ3) is 5.86. The molecule has 0 saturated heterocycles. The molecule has 1 aromatic rings. The first-order chi connectivity index (χ1) is 12.0. The summed E-state index contributed by atoms with van der Waals surface area (Å²) in [4.78, 5) is 35.6. The van der Waals surface area contributed by atoms with Gasteiger partial charge in [-0.3, -0.25) is 14.3 Å². The molecule has 2 amide bonds. The Labute approximate surface area is 154 Å². The van der Waals surface area contributed by atoms with Crippen LogP contribution in [0.15, 0.2) is 6.20 Å². The Balaban J connectivity index is 2.73. The van der Waals surface area contributed by atoms with Gasteiger partial charge in [-0.2, -0.15) is 5.10 Å². The highest BCUT2D eigenvalue weighted by molar-refractivity contribution is 5.97. The van der Waals surface area contributed by atoms with Crippen LogP contribution in [0, 0.1) is 5.92 Å². The second kappa shape index (κ2) is 8.82. The molecule has 0 aliphatic heterocycles. The van der Waals surface area contributed by atoms with E-state index in [1.807, 2.05) is 41.5 Å². The maximum atomic E-state index is 12.4. The average molecular weight is 366 g/mol. The van der Waals surface area contributed by atoms with Crippen LogP contribution in [0.3, 0.4) is 0 Å². The monoisotopic (exact) mass is 366 g/mol. The smallest absolute Gasteiger partial charge is 0.326 e. The molecule has 0 aliphatic rings. The Kier molecular flexibility index (Phi) is 7.35.